The highest BCUT2D eigenvalue weighted by atomic mass is 35.5. The summed E-state index contributed by atoms with van der Waals surface area (Å²) in [5, 5.41) is 0.857. The van der Waals surface area contributed by atoms with E-state index in [0.717, 1.165) is 12.1 Å². The van der Waals surface area contributed by atoms with Gasteiger partial charge in [-0.05, 0) is 43.2 Å². The first-order valence-electron chi connectivity index (χ1n) is 6.44. The van der Waals surface area contributed by atoms with E-state index in [2.05, 4.69) is 13.0 Å². The van der Waals surface area contributed by atoms with Gasteiger partial charge in [0, 0.05) is 17.3 Å². The number of fused-ring (bicyclic) bond motifs is 1. The fraction of sp³-hybridized carbons (Fsp3) is 0.188. The Morgan fingerprint density at radius 2 is 1.90 bits per heavy atom. The fourth-order valence-corrected chi connectivity index (χ4v) is 2.94. The Morgan fingerprint density at radius 1 is 1.15 bits per heavy atom. The Labute approximate surface area is 127 Å². The van der Waals surface area contributed by atoms with Gasteiger partial charge in [0.05, 0.1) is 10.0 Å². The van der Waals surface area contributed by atoms with Gasteiger partial charge < -0.3 is 4.90 Å². The summed E-state index contributed by atoms with van der Waals surface area (Å²) in [5.41, 5.74) is 2.74. The third kappa shape index (κ3) is 2.19. The predicted molar refractivity (Wildman–Crippen MR) is 82.9 cm³/mol. The molecule has 4 heteroatoms. The van der Waals surface area contributed by atoms with Gasteiger partial charge in [-0.15, -0.1) is 0 Å². The van der Waals surface area contributed by atoms with Gasteiger partial charge >= 0.3 is 0 Å². The van der Waals surface area contributed by atoms with Crippen molar-refractivity contribution in [2.45, 2.75) is 19.4 Å². The van der Waals surface area contributed by atoms with Crippen LogP contribution < -0.4 is 4.90 Å². The number of hydrogen-bond acceptors (Lipinski definition) is 1. The van der Waals surface area contributed by atoms with E-state index in [1.807, 2.05) is 23.1 Å². The Kier molecular flexibility index (Phi) is 3.45. The number of hydrogen-bond donors (Lipinski definition) is 0. The van der Waals surface area contributed by atoms with E-state index in [9.17, 15) is 4.79 Å². The van der Waals surface area contributed by atoms with Crippen molar-refractivity contribution in [2.75, 3.05) is 4.90 Å². The van der Waals surface area contributed by atoms with Crippen LogP contribution in [0.5, 0.6) is 0 Å². The second kappa shape index (κ2) is 5.12. The van der Waals surface area contributed by atoms with Crippen molar-refractivity contribution in [2.24, 2.45) is 0 Å². The van der Waals surface area contributed by atoms with Gasteiger partial charge in [-0.25, -0.2) is 0 Å². The molecule has 20 heavy (non-hydrogen) atoms. The van der Waals surface area contributed by atoms with Gasteiger partial charge in [-0.3, -0.25) is 4.79 Å². The summed E-state index contributed by atoms with van der Waals surface area (Å²) in [7, 11) is 0. The van der Waals surface area contributed by atoms with E-state index in [-0.39, 0.29) is 11.9 Å². The summed E-state index contributed by atoms with van der Waals surface area (Å²) in [6, 6.07) is 13.1. The first-order valence-corrected chi connectivity index (χ1v) is 7.20. The molecule has 3 rings (SSSR count). The number of amides is 1. The van der Waals surface area contributed by atoms with E-state index in [1.54, 1.807) is 18.2 Å². The van der Waals surface area contributed by atoms with Crippen LogP contribution in [0.2, 0.25) is 10.0 Å². The molecule has 102 valence electrons. The Hall–Kier alpha value is -1.51. The molecule has 0 saturated heterocycles. The summed E-state index contributed by atoms with van der Waals surface area (Å²) in [5.74, 6) is -0.0407. The molecule has 0 N–H and O–H groups in total. The van der Waals surface area contributed by atoms with Gasteiger partial charge in [-0.1, -0.05) is 41.4 Å². The molecule has 0 aliphatic carbocycles. The number of nitrogens with zero attached hydrogens (tertiary/aromatic N) is 1. The second-order valence-corrected chi connectivity index (χ2v) is 5.80. The van der Waals surface area contributed by atoms with Crippen LogP contribution >= 0.6 is 23.2 Å². The molecule has 1 aliphatic rings. The summed E-state index contributed by atoms with van der Waals surface area (Å²) >= 11 is 11.9. The molecule has 0 spiro atoms. The van der Waals surface area contributed by atoms with E-state index in [4.69, 9.17) is 23.2 Å². The zero-order chi connectivity index (χ0) is 14.3. The molecule has 2 aromatic carbocycles. The lowest BCUT2D eigenvalue weighted by atomic mass is 10.1. The maximum absolute atomic E-state index is 12.7. The van der Waals surface area contributed by atoms with Crippen molar-refractivity contribution < 1.29 is 4.79 Å². The summed E-state index contributed by atoms with van der Waals surface area (Å²) in [4.78, 5) is 14.5. The van der Waals surface area contributed by atoms with Gasteiger partial charge in [0.25, 0.3) is 5.91 Å². The third-order valence-electron chi connectivity index (χ3n) is 3.59. The molecular weight excluding hydrogens is 293 g/mol. The number of anilines is 1. The molecule has 1 heterocycles. The lowest BCUT2D eigenvalue weighted by molar-refractivity contribution is 0.0981. The molecule has 1 atom stereocenters. The highest BCUT2D eigenvalue weighted by molar-refractivity contribution is 6.42. The van der Waals surface area contributed by atoms with Crippen LogP contribution in [-0.2, 0) is 6.42 Å². The Bertz CT molecular complexity index is 684. The normalized spacial score (nSPS) is 17.1. The number of rotatable bonds is 1. The van der Waals surface area contributed by atoms with Gasteiger partial charge in [0.2, 0.25) is 0 Å². The standard InChI is InChI=1S/C16H13Cl2NO/c1-10-8-11-4-2-3-5-15(11)19(10)16(20)12-6-7-13(17)14(18)9-12/h2-7,9-10H,8H2,1H3. The predicted octanol–water partition coefficient (Wildman–Crippen LogP) is 4.58. The molecule has 0 fully saturated rings. The second-order valence-electron chi connectivity index (χ2n) is 4.99. The topological polar surface area (TPSA) is 20.3 Å². The molecule has 0 radical (unpaired) electrons. The monoisotopic (exact) mass is 305 g/mol. The molecule has 0 aromatic heterocycles. The largest absolute Gasteiger partial charge is 0.305 e. The van der Waals surface area contributed by atoms with Crippen molar-refractivity contribution in [1.82, 2.24) is 0 Å². The zero-order valence-electron chi connectivity index (χ0n) is 10.9. The molecule has 2 aromatic rings. The van der Waals surface area contributed by atoms with E-state index in [0.29, 0.717) is 15.6 Å². The van der Waals surface area contributed by atoms with Crippen molar-refractivity contribution in [1.29, 1.82) is 0 Å². The lowest BCUT2D eigenvalue weighted by Crippen LogP contribution is -2.35. The highest BCUT2D eigenvalue weighted by Crippen LogP contribution is 2.33. The number of halogens is 2. The van der Waals surface area contributed by atoms with Crippen LogP contribution in [0.25, 0.3) is 0 Å². The minimum atomic E-state index is -0.0407. The minimum Gasteiger partial charge on any atom is -0.305 e. The maximum Gasteiger partial charge on any atom is 0.258 e. The van der Waals surface area contributed by atoms with Crippen LogP contribution in [-0.4, -0.2) is 11.9 Å². The van der Waals surface area contributed by atoms with E-state index in [1.165, 1.54) is 5.56 Å². The van der Waals surface area contributed by atoms with E-state index < -0.39 is 0 Å². The average molecular weight is 306 g/mol. The van der Waals surface area contributed by atoms with Crippen molar-refractivity contribution >= 4 is 34.8 Å². The lowest BCUT2D eigenvalue weighted by Gasteiger charge is -2.23. The summed E-state index contributed by atoms with van der Waals surface area (Å²) < 4.78 is 0. The molecule has 1 aliphatic heterocycles. The van der Waals surface area contributed by atoms with Gasteiger partial charge in [0.15, 0.2) is 0 Å². The smallest absolute Gasteiger partial charge is 0.258 e. The molecule has 0 saturated carbocycles. The fourth-order valence-electron chi connectivity index (χ4n) is 2.64. The minimum absolute atomic E-state index is 0.0407. The Balaban J connectivity index is 2.00. The van der Waals surface area contributed by atoms with E-state index >= 15 is 0 Å². The van der Waals surface area contributed by atoms with Crippen LogP contribution in [0, 0.1) is 0 Å². The maximum atomic E-state index is 12.7. The van der Waals surface area contributed by atoms with Crippen molar-refractivity contribution in [3.05, 3.63) is 63.6 Å². The zero-order valence-corrected chi connectivity index (χ0v) is 12.4. The molecule has 2 nitrogen and oxygen atoms in total. The SMILES string of the molecule is CC1Cc2ccccc2N1C(=O)c1ccc(Cl)c(Cl)c1. The third-order valence-corrected chi connectivity index (χ3v) is 4.33. The molecule has 1 unspecified atom stereocenters. The Morgan fingerprint density at radius 3 is 2.65 bits per heavy atom. The van der Waals surface area contributed by atoms with Gasteiger partial charge in [0.1, 0.15) is 0 Å². The summed E-state index contributed by atoms with van der Waals surface area (Å²) in [6.07, 6.45) is 0.878. The first-order chi connectivity index (χ1) is 9.58. The number of benzene rings is 2. The quantitative estimate of drug-likeness (QED) is 0.755. The van der Waals surface area contributed by atoms with Crippen LogP contribution in [0.1, 0.15) is 22.8 Å². The van der Waals surface area contributed by atoms with Crippen LogP contribution in [0.4, 0.5) is 5.69 Å². The van der Waals surface area contributed by atoms with Crippen LogP contribution in [0.3, 0.4) is 0 Å². The van der Waals surface area contributed by atoms with Crippen molar-refractivity contribution in [3.8, 4) is 0 Å². The number of carbonyl (C=O) groups excluding carboxylic acids is 1. The highest BCUT2D eigenvalue weighted by Gasteiger charge is 2.31. The molecule has 0 bridgehead atoms. The number of carbonyl (C=O) groups is 1. The van der Waals surface area contributed by atoms with Crippen molar-refractivity contribution in [3.63, 3.8) is 0 Å². The molecular formula is C16H13Cl2NO. The van der Waals surface area contributed by atoms with Crippen LogP contribution in [0.15, 0.2) is 42.5 Å². The summed E-state index contributed by atoms with van der Waals surface area (Å²) in [6.45, 7) is 2.05. The first kappa shape index (κ1) is 13.5. The average Bonchev–Trinajstić information content (AvgIpc) is 2.77. The van der Waals surface area contributed by atoms with Gasteiger partial charge in [-0.2, -0.15) is 0 Å². The number of para-hydroxylation sites is 1. The molecule has 1 amide bonds.